The zero-order valence-electron chi connectivity index (χ0n) is 8.28. The van der Waals surface area contributed by atoms with Crippen LogP contribution in [0.3, 0.4) is 0 Å². The van der Waals surface area contributed by atoms with Crippen molar-refractivity contribution in [1.29, 1.82) is 0 Å². The van der Waals surface area contributed by atoms with Crippen LogP contribution < -0.4 is 4.90 Å². The fraction of sp³-hybridized carbons (Fsp3) is 0.500. The molecule has 0 bridgehead atoms. The summed E-state index contributed by atoms with van der Waals surface area (Å²) >= 11 is 0. The van der Waals surface area contributed by atoms with Gasteiger partial charge in [-0.3, -0.25) is 0 Å². The maximum atomic E-state index is 5.37. The van der Waals surface area contributed by atoms with Gasteiger partial charge < -0.3 is 9.64 Å². The van der Waals surface area contributed by atoms with Gasteiger partial charge in [-0.2, -0.15) is 0 Å². The molecule has 2 aliphatic rings. The molecule has 0 spiro atoms. The van der Waals surface area contributed by atoms with Gasteiger partial charge >= 0.3 is 0 Å². The van der Waals surface area contributed by atoms with Crippen LogP contribution in [-0.4, -0.2) is 19.7 Å². The fourth-order valence-electron chi connectivity index (χ4n) is 2.23. The third-order valence-electron chi connectivity index (χ3n) is 3.06. The molecule has 0 amide bonds. The number of hydrogen-bond acceptors (Lipinski definition) is 2. The first-order valence-corrected chi connectivity index (χ1v) is 5.40. The first-order valence-electron chi connectivity index (χ1n) is 5.40. The quantitative estimate of drug-likeness (QED) is 0.664. The molecule has 0 unspecified atom stereocenters. The smallest absolute Gasteiger partial charge is 0.108 e. The third kappa shape index (κ3) is 1.40. The minimum Gasteiger partial charge on any atom is -0.371 e. The number of para-hydroxylation sites is 1. The Morgan fingerprint density at radius 2 is 1.86 bits per heavy atom. The van der Waals surface area contributed by atoms with Crippen molar-refractivity contribution < 1.29 is 4.74 Å². The van der Waals surface area contributed by atoms with E-state index in [0.29, 0.717) is 6.10 Å². The van der Waals surface area contributed by atoms with Crippen LogP contribution in [0.1, 0.15) is 24.5 Å². The number of hydrogen-bond donors (Lipinski definition) is 0. The van der Waals surface area contributed by atoms with Crippen LogP contribution >= 0.6 is 0 Å². The third-order valence-corrected chi connectivity index (χ3v) is 3.06. The van der Waals surface area contributed by atoms with Crippen molar-refractivity contribution in [1.82, 2.24) is 0 Å². The van der Waals surface area contributed by atoms with Crippen LogP contribution in [0, 0.1) is 0 Å². The van der Waals surface area contributed by atoms with E-state index in [-0.39, 0.29) is 0 Å². The maximum Gasteiger partial charge on any atom is 0.108 e. The molecule has 2 aliphatic heterocycles. The van der Waals surface area contributed by atoms with Crippen molar-refractivity contribution in [2.75, 3.05) is 24.6 Å². The van der Waals surface area contributed by atoms with Gasteiger partial charge in [0, 0.05) is 24.3 Å². The Labute approximate surface area is 84.5 Å². The average molecular weight is 189 g/mol. The van der Waals surface area contributed by atoms with E-state index in [1.807, 2.05) is 0 Å². The Morgan fingerprint density at radius 3 is 2.57 bits per heavy atom. The Bertz CT molecular complexity index is 327. The molecule has 0 aliphatic carbocycles. The molecule has 2 heteroatoms. The highest BCUT2D eigenvalue weighted by molar-refractivity contribution is 5.56. The van der Waals surface area contributed by atoms with E-state index >= 15 is 0 Å². The Kier molecular flexibility index (Phi) is 1.95. The summed E-state index contributed by atoms with van der Waals surface area (Å²) in [7, 11) is 0. The van der Waals surface area contributed by atoms with E-state index < -0.39 is 0 Å². The summed E-state index contributed by atoms with van der Waals surface area (Å²) in [6, 6.07) is 8.66. The molecule has 14 heavy (non-hydrogen) atoms. The number of benzene rings is 1. The van der Waals surface area contributed by atoms with Gasteiger partial charge in [0.15, 0.2) is 0 Å². The van der Waals surface area contributed by atoms with Gasteiger partial charge in [0.05, 0.1) is 6.61 Å². The molecule has 0 aromatic heterocycles. The molecule has 2 saturated heterocycles. The van der Waals surface area contributed by atoms with Crippen LogP contribution in [0.15, 0.2) is 24.3 Å². The summed E-state index contributed by atoms with van der Waals surface area (Å²) in [5, 5.41) is 0. The van der Waals surface area contributed by atoms with Crippen molar-refractivity contribution >= 4 is 5.69 Å². The summed E-state index contributed by atoms with van der Waals surface area (Å²) in [6.07, 6.45) is 3.05. The predicted molar refractivity (Wildman–Crippen MR) is 56.6 cm³/mol. The van der Waals surface area contributed by atoms with Crippen LogP contribution in [0.5, 0.6) is 0 Å². The molecule has 0 N–H and O–H groups in total. The molecular formula is C12H15NO. The number of nitrogens with zero attached hydrogens (tertiary/aromatic N) is 1. The molecule has 2 nitrogen and oxygen atoms in total. The van der Waals surface area contributed by atoms with Gasteiger partial charge in [0.25, 0.3) is 0 Å². The number of anilines is 1. The van der Waals surface area contributed by atoms with Crippen molar-refractivity contribution in [3.63, 3.8) is 0 Å². The summed E-state index contributed by atoms with van der Waals surface area (Å²) < 4.78 is 5.37. The summed E-state index contributed by atoms with van der Waals surface area (Å²) in [5.74, 6) is 0. The second-order valence-corrected chi connectivity index (χ2v) is 4.07. The van der Waals surface area contributed by atoms with Crippen LogP contribution in [0.2, 0.25) is 0 Å². The molecule has 1 aromatic rings. The highest BCUT2D eigenvalue weighted by Gasteiger charge is 2.29. The van der Waals surface area contributed by atoms with Gasteiger partial charge in [0.1, 0.15) is 6.10 Å². The normalized spacial score (nSPS) is 25.4. The predicted octanol–water partition coefficient (Wildman–Crippen LogP) is 2.36. The highest BCUT2D eigenvalue weighted by Crippen LogP contribution is 2.37. The zero-order valence-corrected chi connectivity index (χ0v) is 8.28. The van der Waals surface area contributed by atoms with E-state index in [1.165, 1.54) is 37.2 Å². The molecule has 2 fully saturated rings. The fourth-order valence-corrected chi connectivity index (χ4v) is 2.23. The lowest BCUT2D eigenvalue weighted by molar-refractivity contribution is 0.415. The number of epoxide rings is 1. The highest BCUT2D eigenvalue weighted by atomic mass is 16.6. The zero-order chi connectivity index (χ0) is 9.38. The van der Waals surface area contributed by atoms with E-state index in [2.05, 4.69) is 29.2 Å². The second kappa shape index (κ2) is 3.28. The monoisotopic (exact) mass is 189 g/mol. The van der Waals surface area contributed by atoms with Gasteiger partial charge in [-0.15, -0.1) is 0 Å². The first kappa shape index (κ1) is 8.30. The average Bonchev–Trinajstić information content (AvgIpc) is 2.94. The standard InChI is InChI=1S/C12H15NO/c1-2-6-11(13-7-3-4-8-13)10(5-1)12-9-14-12/h1-2,5-6,12H,3-4,7-9H2/t12-/m1/s1. The van der Waals surface area contributed by atoms with E-state index in [0.717, 1.165) is 6.61 Å². The molecule has 0 saturated carbocycles. The second-order valence-electron chi connectivity index (χ2n) is 4.07. The molecule has 3 rings (SSSR count). The topological polar surface area (TPSA) is 15.8 Å². The van der Waals surface area contributed by atoms with E-state index in [9.17, 15) is 0 Å². The lowest BCUT2D eigenvalue weighted by atomic mass is 10.1. The van der Waals surface area contributed by atoms with Crippen LogP contribution in [0.4, 0.5) is 5.69 Å². The lowest BCUT2D eigenvalue weighted by Crippen LogP contribution is -2.19. The minimum absolute atomic E-state index is 0.381. The SMILES string of the molecule is c1ccc(N2CCCC2)c([C@H]2CO2)c1. The molecule has 1 atom stereocenters. The number of rotatable bonds is 2. The largest absolute Gasteiger partial charge is 0.371 e. The van der Waals surface area contributed by atoms with E-state index in [4.69, 9.17) is 4.74 Å². The number of ether oxygens (including phenoxy) is 1. The van der Waals surface area contributed by atoms with Crippen molar-refractivity contribution in [2.45, 2.75) is 18.9 Å². The van der Waals surface area contributed by atoms with Crippen molar-refractivity contribution in [3.05, 3.63) is 29.8 Å². The van der Waals surface area contributed by atoms with Crippen molar-refractivity contribution in [2.24, 2.45) is 0 Å². The first-order chi connectivity index (χ1) is 6.95. The molecule has 0 radical (unpaired) electrons. The van der Waals surface area contributed by atoms with Gasteiger partial charge in [0.2, 0.25) is 0 Å². The van der Waals surface area contributed by atoms with Gasteiger partial charge in [-0.05, 0) is 18.9 Å². The van der Waals surface area contributed by atoms with Crippen molar-refractivity contribution in [3.8, 4) is 0 Å². The Balaban J connectivity index is 1.94. The maximum absolute atomic E-state index is 5.37. The molecule has 74 valence electrons. The Morgan fingerprint density at radius 1 is 1.14 bits per heavy atom. The summed E-state index contributed by atoms with van der Waals surface area (Å²) in [5.41, 5.74) is 2.78. The Hall–Kier alpha value is -1.02. The van der Waals surface area contributed by atoms with Crippen LogP contribution in [-0.2, 0) is 4.74 Å². The van der Waals surface area contributed by atoms with Gasteiger partial charge in [-0.1, -0.05) is 18.2 Å². The molecule has 2 heterocycles. The molecular weight excluding hydrogens is 174 g/mol. The minimum atomic E-state index is 0.381. The summed E-state index contributed by atoms with van der Waals surface area (Å²) in [4.78, 5) is 2.48. The molecule has 1 aromatic carbocycles. The van der Waals surface area contributed by atoms with E-state index in [1.54, 1.807) is 0 Å². The summed E-state index contributed by atoms with van der Waals surface area (Å²) in [6.45, 7) is 3.33. The van der Waals surface area contributed by atoms with Gasteiger partial charge in [-0.25, -0.2) is 0 Å². The van der Waals surface area contributed by atoms with Crippen LogP contribution in [0.25, 0.3) is 0 Å². The lowest BCUT2D eigenvalue weighted by Gasteiger charge is -2.20.